The molecule has 2 aromatic rings. The molecule has 1 N–H and O–H groups in total. The van der Waals surface area contributed by atoms with Gasteiger partial charge in [-0.15, -0.1) is 0 Å². The number of piperidine rings is 1. The normalized spacial score (nSPS) is 15.6. The first kappa shape index (κ1) is 18.4. The molecule has 26 heavy (non-hydrogen) atoms. The van der Waals surface area contributed by atoms with Crippen LogP contribution in [0.15, 0.2) is 18.2 Å². The number of fused-ring (bicyclic) bond motifs is 1. The van der Waals surface area contributed by atoms with Gasteiger partial charge in [-0.3, -0.25) is 9.69 Å². The Morgan fingerprint density at radius 2 is 2.04 bits per heavy atom. The molecular weight excluding hydrogens is 332 g/mol. The minimum Gasteiger partial charge on any atom is -0.497 e. The Hall–Kier alpha value is -2.41. The van der Waals surface area contributed by atoms with E-state index < -0.39 is 5.97 Å². The highest BCUT2D eigenvalue weighted by Gasteiger charge is 2.26. The van der Waals surface area contributed by atoms with E-state index in [0.717, 1.165) is 60.8 Å². The van der Waals surface area contributed by atoms with Gasteiger partial charge in [0.15, 0.2) is 5.82 Å². The topological polar surface area (TPSA) is 78.8 Å². The Kier molecular flexibility index (Phi) is 5.56. The Bertz CT molecular complexity index is 788. The third kappa shape index (κ3) is 3.88. The second-order valence-corrected chi connectivity index (χ2v) is 6.66. The Morgan fingerprint density at radius 1 is 1.31 bits per heavy atom. The zero-order valence-electron chi connectivity index (χ0n) is 15.6. The Labute approximate surface area is 153 Å². The van der Waals surface area contributed by atoms with E-state index in [0.29, 0.717) is 6.04 Å². The van der Waals surface area contributed by atoms with Crippen LogP contribution in [-0.2, 0) is 4.79 Å². The van der Waals surface area contributed by atoms with Gasteiger partial charge in [0.25, 0.3) is 0 Å². The highest BCUT2D eigenvalue weighted by Crippen LogP contribution is 2.26. The van der Waals surface area contributed by atoms with Crippen molar-refractivity contribution in [1.29, 1.82) is 0 Å². The summed E-state index contributed by atoms with van der Waals surface area (Å²) in [6, 6.07) is 6.04. The first-order chi connectivity index (χ1) is 12.5. The van der Waals surface area contributed by atoms with E-state index in [1.165, 1.54) is 0 Å². The number of methoxy groups -OCH3 is 1. The van der Waals surface area contributed by atoms with Gasteiger partial charge in [-0.05, 0) is 38.4 Å². The average Bonchev–Trinajstić information content (AvgIpc) is 2.65. The van der Waals surface area contributed by atoms with Crippen LogP contribution in [-0.4, -0.2) is 65.3 Å². The number of aryl methyl sites for hydroxylation is 1. The number of hydrogen-bond donors (Lipinski definition) is 1. The molecule has 0 aliphatic carbocycles. The summed E-state index contributed by atoms with van der Waals surface area (Å²) in [5, 5.41) is 9.07. The molecule has 0 saturated carbocycles. The summed E-state index contributed by atoms with van der Waals surface area (Å²) in [5.41, 5.74) is 2.59. The molecule has 7 nitrogen and oxygen atoms in total. The smallest absolute Gasteiger partial charge is 0.317 e. The first-order valence-corrected chi connectivity index (χ1v) is 9.05. The molecule has 1 aliphatic rings. The van der Waals surface area contributed by atoms with Crippen molar-refractivity contribution in [2.75, 3.05) is 38.2 Å². The van der Waals surface area contributed by atoms with Crippen LogP contribution < -0.4 is 9.64 Å². The van der Waals surface area contributed by atoms with Gasteiger partial charge in [-0.1, -0.05) is 6.92 Å². The Balaban J connectivity index is 1.74. The number of carboxylic acid groups (broad SMARTS) is 1. The van der Waals surface area contributed by atoms with Gasteiger partial charge in [0.1, 0.15) is 5.75 Å². The molecule has 140 valence electrons. The third-order valence-electron chi connectivity index (χ3n) is 5.05. The molecule has 0 unspecified atom stereocenters. The van der Waals surface area contributed by atoms with Gasteiger partial charge in [-0.25, -0.2) is 9.97 Å². The number of rotatable bonds is 6. The lowest BCUT2D eigenvalue weighted by Crippen LogP contribution is -2.47. The standard InChI is InChI=1S/C19H26N4O3/c1-4-22(12-18(24)25)14-7-9-23(10-8-14)19-13(2)20-17-11-15(26-3)5-6-16(17)21-19/h5-6,11,14H,4,7-10,12H2,1-3H3,(H,24,25). The van der Waals surface area contributed by atoms with Crippen molar-refractivity contribution in [3.05, 3.63) is 23.9 Å². The van der Waals surface area contributed by atoms with Gasteiger partial charge in [-0.2, -0.15) is 0 Å². The second kappa shape index (κ2) is 7.86. The van der Waals surface area contributed by atoms with Crippen molar-refractivity contribution in [3.63, 3.8) is 0 Å². The number of nitrogens with zero attached hydrogens (tertiary/aromatic N) is 4. The van der Waals surface area contributed by atoms with Crippen LogP contribution in [0, 0.1) is 6.92 Å². The largest absolute Gasteiger partial charge is 0.497 e. The molecular formula is C19H26N4O3. The summed E-state index contributed by atoms with van der Waals surface area (Å²) < 4.78 is 5.26. The van der Waals surface area contributed by atoms with Crippen LogP contribution in [0.4, 0.5) is 5.82 Å². The molecule has 1 saturated heterocycles. The average molecular weight is 358 g/mol. The molecule has 0 radical (unpaired) electrons. The predicted molar refractivity (Wildman–Crippen MR) is 101 cm³/mol. The predicted octanol–water partition coefficient (Wildman–Crippen LogP) is 2.32. The van der Waals surface area contributed by atoms with Crippen molar-refractivity contribution in [2.45, 2.75) is 32.7 Å². The highest BCUT2D eigenvalue weighted by atomic mass is 16.5. The van der Waals surface area contributed by atoms with E-state index in [-0.39, 0.29) is 6.54 Å². The van der Waals surface area contributed by atoms with Crippen LogP contribution >= 0.6 is 0 Å². The van der Waals surface area contributed by atoms with Gasteiger partial charge in [0.2, 0.25) is 0 Å². The number of carboxylic acids is 1. The number of ether oxygens (including phenoxy) is 1. The fourth-order valence-corrected chi connectivity index (χ4v) is 3.66. The number of carbonyl (C=O) groups is 1. The first-order valence-electron chi connectivity index (χ1n) is 9.05. The van der Waals surface area contributed by atoms with Crippen molar-refractivity contribution >= 4 is 22.8 Å². The quantitative estimate of drug-likeness (QED) is 0.849. The van der Waals surface area contributed by atoms with Crippen LogP contribution in [0.25, 0.3) is 11.0 Å². The molecule has 7 heteroatoms. The van der Waals surface area contributed by atoms with Crippen molar-refractivity contribution < 1.29 is 14.6 Å². The molecule has 0 spiro atoms. The number of aliphatic carboxylic acids is 1. The van der Waals surface area contributed by atoms with E-state index in [1.807, 2.05) is 36.9 Å². The van der Waals surface area contributed by atoms with Crippen molar-refractivity contribution in [1.82, 2.24) is 14.9 Å². The van der Waals surface area contributed by atoms with E-state index in [2.05, 4.69) is 4.90 Å². The molecule has 1 aliphatic heterocycles. The number of likely N-dealkylation sites (N-methyl/N-ethyl adjacent to an activating group) is 1. The summed E-state index contributed by atoms with van der Waals surface area (Å²) in [7, 11) is 1.64. The van der Waals surface area contributed by atoms with E-state index in [9.17, 15) is 4.79 Å². The third-order valence-corrected chi connectivity index (χ3v) is 5.05. The van der Waals surface area contributed by atoms with Crippen LogP contribution in [0.5, 0.6) is 5.75 Å². The fraction of sp³-hybridized carbons (Fsp3) is 0.526. The van der Waals surface area contributed by atoms with E-state index >= 15 is 0 Å². The lowest BCUT2D eigenvalue weighted by atomic mass is 10.0. The van der Waals surface area contributed by atoms with Crippen LogP contribution in [0.1, 0.15) is 25.5 Å². The second-order valence-electron chi connectivity index (χ2n) is 6.66. The summed E-state index contributed by atoms with van der Waals surface area (Å²) in [6.07, 6.45) is 1.87. The number of aromatic nitrogens is 2. The summed E-state index contributed by atoms with van der Waals surface area (Å²) in [6.45, 7) is 6.58. The lowest BCUT2D eigenvalue weighted by Gasteiger charge is -2.38. The lowest BCUT2D eigenvalue weighted by molar-refractivity contribution is -0.139. The molecule has 0 bridgehead atoms. The number of hydrogen-bond acceptors (Lipinski definition) is 6. The number of benzene rings is 1. The number of anilines is 1. The maximum Gasteiger partial charge on any atom is 0.317 e. The van der Waals surface area contributed by atoms with Crippen LogP contribution in [0.2, 0.25) is 0 Å². The minimum absolute atomic E-state index is 0.109. The zero-order valence-corrected chi connectivity index (χ0v) is 15.6. The molecule has 1 fully saturated rings. The van der Waals surface area contributed by atoms with Gasteiger partial charge in [0.05, 0.1) is 30.4 Å². The Morgan fingerprint density at radius 3 is 2.65 bits per heavy atom. The molecule has 1 aromatic heterocycles. The molecule has 1 aromatic carbocycles. The van der Waals surface area contributed by atoms with E-state index in [4.69, 9.17) is 19.8 Å². The van der Waals surface area contributed by atoms with Gasteiger partial charge >= 0.3 is 5.97 Å². The summed E-state index contributed by atoms with van der Waals surface area (Å²) >= 11 is 0. The maximum atomic E-state index is 11.0. The summed E-state index contributed by atoms with van der Waals surface area (Å²) in [5.74, 6) is 0.932. The molecule has 3 rings (SSSR count). The molecule has 0 amide bonds. The van der Waals surface area contributed by atoms with Gasteiger partial charge < -0.3 is 14.7 Å². The monoisotopic (exact) mass is 358 g/mol. The van der Waals surface area contributed by atoms with Crippen molar-refractivity contribution in [3.8, 4) is 5.75 Å². The zero-order chi connectivity index (χ0) is 18.7. The highest BCUT2D eigenvalue weighted by molar-refractivity contribution is 5.78. The molecule has 0 atom stereocenters. The fourth-order valence-electron chi connectivity index (χ4n) is 3.66. The SMILES string of the molecule is CCN(CC(=O)O)C1CCN(c2nc3ccc(OC)cc3nc2C)CC1. The van der Waals surface area contributed by atoms with E-state index in [1.54, 1.807) is 7.11 Å². The maximum absolute atomic E-state index is 11.0. The van der Waals surface area contributed by atoms with Crippen LogP contribution in [0.3, 0.4) is 0 Å². The van der Waals surface area contributed by atoms with Crippen molar-refractivity contribution in [2.24, 2.45) is 0 Å². The summed E-state index contributed by atoms with van der Waals surface area (Å²) in [4.78, 5) is 24.8. The molecule has 2 heterocycles. The minimum atomic E-state index is -0.763. The van der Waals surface area contributed by atoms with Gasteiger partial charge in [0, 0.05) is 25.2 Å².